The minimum Gasteiger partial charge on any atom is -0.310 e. The number of fused-ring (bicyclic) bond motifs is 4. The lowest BCUT2D eigenvalue weighted by Crippen LogP contribution is -2.28. The second-order valence-electron chi connectivity index (χ2n) is 15.3. The average Bonchev–Trinajstić information content (AvgIpc) is 3.67. The van der Waals surface area contributed by atoms with Crippen molar-refractivity contribution in [2.45, 2.75) is 5.41 Å². The largest absolute Gasteiger partial charge is 0.310 e. The molecule has 1 nitrogen and oxygen atoms in total. The van der Waals surface area contributed by atoms with Gasteiger partial charge in [-0.25, -0.2) is 0 Å². The van der Waals surface area contributed by atoms with Gasteiger partial charge in [-0.15, -0.1) is 0 Å². The van der Waals surface area contributed by atoms with Crippen LogP contribution < -0.4 is 4.90 Å². The van der Waals surface area contributed by atoms with Crippen LogP contribution in [0.4, 0.5) is 17.1 Å². The summed E-state index contributed by atoms with van der Waals surface area (Å²) in [6, 6.07) is 76.5. The van der Waals surface area contributed by atoms with Crippen molar-refractivity contribution in [3.8, 4) is 44.5 Å². The zero-order chi connectivity index (χ0) is 43.4. The molecule has 10 aromatic rings. The van der Waals surface area contributed by atoms with E-state index in [-0.39, 0.29) is 35.4 Å². The summed E-state index contributed by atoms with van der Waals surface area (Å²) in [5, 5.41) is 2.31. The molecule has 0 N–H and O–H groups in total. The summed E-state index contributed by atoms with van der Waals surface area (Å²) in [4.78, 5) is 1.96. The summed E-state index contributed by atoms with van der Waals surface area (Å²) in [6.07, 6.45) is 0. The summed E-state index contributed by atoms with van der Waals surface area (Å²) in [6.45, 7) is 0. The van der Waals surface area contributed by atoms with E-state index < -0.39 is 5.41 Å². The maximum absolute atomic E-state index is 9.85. The molecule has 1 aliphatic rings. The number of anilines is 3. The van der Waals surface area contributed by atoms with Gasteiger partial charge in [0.2, 0.25) is 0 Å². The van der Waals surface area contributed by atoms with Gasteiger partial charge >= 0.3 is 0 Å². The van der Waals surface area contributed by atoms with Crippen LogP contribution in [-0.4, -0.2) is 0 Å². The lowest BCUT2D eigenvalue weighted by Gasteiger charge is -2.34. The molecule has 11 rings (SSSR count). The lowest BCUT2D eigenvalue weighted by molar-refractivity contribution is 0.768. The van der Waals surface area contributed by atoms with Crippen LogP contribution in [0.5, 0.6) is 0 Å². The summed E-state index contributed by atoms with van der Waals surface area (Å²) in [5.74, 6) is 0. The molecule has 1 heteroatoms. The highest BCUT2D eigenvalue weighted by atomic mass is 15.1. The second kappa shape index (κ2) is 14.9. The molecule has 282 valence electrons. The smallest absolute Gasteiger partial charge is 0.0714 e. The second-order valence-corrected chi connectivity index (χ2v) is 15.3. The normalized spacial score (nSPS) is 13.4. The van der Waals surface area contributed by atoms with E-state index in [1.807, 2.05) is 83.8 Å². The first-order valence-electron chi connectivity index (χ1n) is 22.4. The van der Waals surface area contributed by atoms with Crippen LogP contribution in [0.1, 0.15) is 27.7 Å². The Kier molecular flexibility index (Phi) is 7.76. The zero-order valence-electron chi connectivity index (χ0n) is 36.8. The molecule has 10 aromatic carbocycles. The van der Waals surface area contributed by atoms with Crippen LogP contribution in [0.2, 0.25) is 0 Å². The molecule has 0 saturated heterocycles. The van der Waals surface area contributed by atoms with E-state index in [2.05, 4.69) is 146 Å². The third-order valence-electron chi connectivity index (χ3n) is 12.0. The van der Waals surface area contributed by atoms with Crippen molar-refractivity contribution in [2.75, 3.05) is 4.90 Å². The molecule has 0 unspecified atom stereocenters. The van der Waals surface area contributed by atoms with Crippen molar-refractivity contribution in [1.29, 1.82) is 0 Å². The van der Waals surface area contributed by atoms with Crippen molar-refractivity contribution in [3.63, 3.8) is 0 Å². The van der Waals surface area contributed by atoms with Gasteiger partial charge in [0.25, 0.3) is 0 Å². The molecule has 0 aliphatic heterocycles. The van der Waals surface area contributed by atoms with Crippen molar-refractivity contribution >= 4 is 27.8 Å². The number of benzene rings is 10. The van der Waals surface area contributed by atoms with E-state index in [4.69, 9.17) is 0 Å². The van der Waals surface area contributed by atoms with Crippen LogP contribution in [0.15, 0.2) is 249 Å². The minimum absolute atomic E-state index is 0.100. The highest BCUT2D eigenvalue weighted by molar-refractivity contribution is 5.99. The Morgan fingerprint density at radius 1 is 0.333 bits per heavy atom. The van der Waals surface area contributed by atoms with Gasteiger partial charge in [0.05, 0.1) is 16.6 Å². The van der Waals surface area contributed by atoms with E-state index in [0.717, 1.165) is 72.1 Å². The fourth-order valence-electron chi connectivity index (χ4n) is 9.34. The van der Waals surface area contributed by atoms with Crippen molar-refractivity contribution in [1.82, 2.24) is 0 Å². The molecule has 0 radical (unpaired) electrons. The average molecular weight is 768 g/mol. The van der Waals surface area contributed by atoms with E-state index in [9.17, 15) is 5.48 Å². The SMILES string of the molecule is [2H]c1c([2H])c(N(c2ccc(-c3cccc4ccccc34)cc2)c2cccc3c2-c2ccccc2C3(c2ccccc2)c2ccccc2)c([2H])c([2H])c1-c1ccc(-c2ccccc2)cc1. The Balaban J connectivity index is 1.16. The third kappa shape index (κ3) is 5.86. The quantitative estimate of drug-likeness (QED) is 0.149. The van der Waals surface area contributed by atoms with E-state index >= 15 is 0 Å². The molecule has 0 saturated carbocycles. The number of hydrogen-bond acceptors (Lipinski definition) is 1. The topological polar surface area (TPSA) is 3.24 Å². The first kappa shape index (κ1) is 31.3. The van der Waals surface area contributed by atoms with Gasteiger partial charge in [0.15, 0.2) is 0 Å². The van der Waals surface area contributed by atoms with E-state index in [1.165, 1.54) is 0 Å². The van der Waals surface area contributed by atoms with Crippen LogP contribution in [0.25, 0.3) is 55.3 Å². The molecule has 0 atom stereocenters. The Hall–Kier alpha value is -7.74. The minimum atomic E-state index is -0.682. The van der Waals surface area contributed by atoms with Crippen LogP contribution in [0, 0.1) is 0 Å². The molecule has 0 aromatic heterocycles. The van der Waals surface area contributed by atoms with Gasteiger partial charge in [-0.1, -0.05) is 218 Å². The Labute approximate surface area is 357 Å². The van der Waals surface area contributed by atoms with Gasteiger partial charge < -0.3 is 4.90 Å². The van der Waals surface area contributed by atoms with Crippen LogP contribution in [-0.2, 0) is 5.41 Å². The summed E-state index contributed by atoms with van der Waals surface area (Å²) in [5.41, 5.74) is 12.6. The molecule has 0 fully saturated rings. The predicted molar refractivity (Wildman–Crippen MR) is 252 cm³/mol. The van der Waals surface area contributed by atoms with E-state index in [1.54, 1.807) is 0 Å². The monoisotopic (exact) mass is 767 g/mol. The molecule has 0 amide bonds. The van der Waals surface area contributed by atoms with Gasteiger partial charge in [-0.3, -0.25) is 0 Å². The number of rotatable bonds is 8. The van der Waals surface area contributed by atoms with Crippen molar-refractivity contribution in [3.05, 3.63) is 271 Å². The fourth-order valence-corrected chi connectivity index (χ4v) is 9.34. The van der Waals surface area contributed by atoms with E-state index in [0.29, 0.717) is 11.3 Å². The van der Waals surface area contributed by atoms with Gasteiger partial charge in [0, 0.05) is 16.9 Å². The third-order valence-corrected chi connectivity index (χ3v) is 12.0. The maximum atomic E-state index is 9.85. The molecular weight excluding hydrogens is 723 g/mol. The summed E-state index contributed by atoms with van der Waals surface area (Å²) >= 11 is 0. The molecule has 60 heavy (non-hydrogen) atoms. The molecular formula is C59H41N. The van der Waals surface area contributed by atoms with Crippen molar-refractivity contribution < 1.29 is 5.48 Å². The highest BCUT2D eigenvalue weighted by Crippen LogP contribution is 2.59. The summed E-state index contributed by atoms with van der Waals surface area (Å²) < 4.78 is 38.9. The lowest BCUT2D eigenvalue weighted by atomic mass is 9.68. The first-order valence-corrected chi connectivity index (χ1v) is 20.4. The summed E-state index contributed by atoms with van der Waals surface area (Å²) in [7, 11) is 0. The fraction of sp³-hybridized carbons (Fsp3) is 0.0169. The molecule has 1 aliphatic carbocycles. The Bertz CT molecular complexity index is 3280. The van der Waals surface area contributed by atoms with Gasteiger partial charge in [0.1, 0.15) is 0 Å². The maximum Gasteiger partial charge on any atom is 0.0714 e. The number of hydrogen-bond donors (Lipinski definition) is 0. The molecule has 0 heterocycles. The van der Waals surface area contributed by atoms with Crippen LogP contribution >= 0.6 is 0 Å². The van der Waals surface area contributed by atoms with Crippen LogP contribution in [0.3, 0.4) is 0 Å². The molecule has 0 spiro atoms. The predicted octanol–water partition coefficient (Wildman–Crippen LogP) is 15.7. The number of nitrogens with zero attached hydrogens (tertiary/aromatic N) is 1. The zero-order valence-corrected chi connectivity index (χ0v) is 32.8. The van der Waals surface area contributed by atoms with Gasteiger partial charge in [-0.2, -0.15) is 0 Å². The van der Waals surface area contributed by atoms with Crippen molar-refractivity contribution in [2.24, 2.45) is 0 Å². The first-order chi connectivity index (χ1) is 31.4. The Morgan fingerprint density at radius 2 is 0.833 bits per heavy atom. The Morgan fingerprint density at radius 3 is 1.53 bits per heavy atom. The molecule has 0 bridgehead atoms. The highest BCUT2D eigenvalue weighted by Gasteiger charge is 2.47. The van der Waals surface area contributed by atoms with Gasteiger partial charge in [-0.05, 0) is 102 Å². The standard InChI is InChI=1S/C59H41N/c1-4-16-42(17-5-1)43-30-32-44(33-31-43)45-34-38-50(39-35-45)60(51-40-36-47(37-41-51)53-26-14-19-46-18-10-11-24-52(46)53)57-29-15-28-56-58(57)54-25-12-13-27-55(54)59(56,48-20-6-2-7-21-48)49-22-8-3-9-23-49/h1-41H/i34D,35D,38D,39D.